The summed E-state index contributed by atoms with van der Waals surface area (Å²) in [4.78, 5) is 34.5. The summed E-state index contributed by atoms with van der Waals surface area (Å²) in [5, 5.41) is 0.192. The van der Waals surface area contributed by atoms with Crippen LogP contribution in [0.25, 0.3) is 0 Å². The van der Waals surface area contributed by atoms with Gasteiger partial charge >= 0.3 is 0 Å². The summed E-state index contributed by atoms with van der Waals surface area (Å²) < 4.78 is 6.26. The van der Waals surface area contributed by atoms with E-state index in [4.69, 9.17) is 16.3 Å². The predicted molar refractivity (Wildman–Crippen MR) is 137 cm³/mol. The third-order valence-electron chi connectivity index (χ3n) is 6.29. The summed E-state index contributed by atoms with van der Waals surface area (Å²) >= 11 is 6.31. The lowest BCUT2D eigenvalue weighted by Gasteiger charge is -2.32. The molecule has 35 heavy (non-hydrogen) atoms. The van der Waals surface area contributed by atoms with Gasteiger partial charge in [-0.3, -0.25) is 9.59 Å². The Balaban J connectivity index is 1.70. The molecule has 4 rings (SSSR count). The van der Waals surface area contributed by atoms with Crippen LogP contribution in [0.2, 0.25) is 5.15 Å². The van der Waals surface area contributed by atoms with E-state index in [0.29, 0.717) is 36.4 Å². The Bertz CT molecular complexity index is 1150. The average Bonchev–Trinajstić information content (AvgIpc) is 2.89. The minimum atomic E-state index is -0.261. The summed E-state index contributed by atoms with van der Waals surface area (Å²) in [6, 6.07) is 20.5. The second kappa shape index (κ2) is 11.8. The zero-order chi connectivity index (χ0) is 24.6. The van der Waals surface area contributed by atoms with Gasteiger partial charge in [0.25, 0.3) is 11.8 Å². The standard InChI is InChI=1S/C28H30ClN3O3/c1-31-17-8-3-9-18-32(28(34)24-14-10-16-30-26(24)29)22(19-21-11-4-2-5-12-21)20-35-25-15-7-6-13-23(25)27(31)33/h2,4-7,10-16,22H,3,8-9,17-20H2,1H3/t22-/m1/s1. The molecule has 0 radical (unpaired) electrons. The van der Waals surface area contributed by atoms with E-state index in [0.717, 1.165) is 24.8 Å². The number of amides is 2. The van der Waals surface area contributed by atoms with E-state index in [-0.39, 0.29) is 29.6 Å². The van der Waals surface area contributed by atoms with Gasteiger partial charge in [-0.2, -0.15) is 0 Å². The minimum Gasteiger partial charge on any atom is -0.491 e. The van der Waals surface area contributed by atoms with Gasteiger partial charge in [0.15, 0.2) is 0 Å². The summed E-state index contributed by atoms with van der Waals surface area (Å²) in [7, 11) is 1.82. The molecule has 1 aromatic heterocycles. The Labute approximate surface area is 211 Å². The summed E-state index contributed by atoms with van der Waals surface area (Å²) in [6.45, 7) is 1.44. The number of fused-ring (bicyclic) bond motifs is 1. The number of pyridine rings is 1. The van der Waals surface area contributed by atoms with Gasteiger partial charge in [0.05, 0.1) is 17.2 Å². The van der Waals surface area contributed by atoms with Gasteiger partial charge in [0, 0.05) is 26.3 Å². The van der Waals surface area contributed by atoms with Crippen molar-refractivity contribution in [1.29, 1.82) is 0 Å². The van der Waals surface area contributed by atoms with E-state index in [9.17, 15) is 9.59 Å². The highest BCUT2D eigenvalue weighted by Gasteiger charge is 2.28. The quantitative estimate of drug-likeness (QED) is 0.477. The summed E-state index contributed by atoms with van der Waals surface area (Å²) in [5.74, 6) is 0.298. The maximum atomic E-state index is 13.7. The predicted octanol–water partition coefficient (Wildman–Crippen LogP) is 5.12. The molecule has 0 aliphatic carbocycles. The van der Waals surface area contributed by atoms with Crippen LogP contribution in [0.4, 0.5) is 0 Å². The molecule has 1 aliphatic rings. The molecule has 0 saturated heterocycles. The van der Waals surface area contributed by atoms with Gasteiger partial charge in [0.1, 0.15) is 17.5 Å². The molecule has 0 fully saturated rings. The SMILES string of the molecule is CN1CCCCCN(C(=O)c2cccnc2Cl)[C@H](Cc2ccccc2)COc2ccccc2C1=O. The van der Waals surface area contributed by atoms with Crippen LogP contribution < -0.4 is 4.74 Å². The number of para-hydroxylation sites is 1. The van der Waals surface area contributed by atoms with Crippen molar-refractivity contribution < 1.29 is 14.3 Å². The Kier molecular flexibility index (Phi) is 8.37. The lowest BCUT2D eigenvalue weighted by Crippen LogP contribution is -2.45. The monoisotopic (exact) mass is 491 g/mol. The number of carbonyl (C=O) groups is 2. The largest absolute Gasteiger partial charge is 0.491 e. The van der Waals surface area contributed by atoms with E-state index < -0.39 is 0 Å². The molecule has 0 spiro atoms. The van der Waals surface area contributed by atoms with Crippen molar-refractivity contribution in [3.8, 4) is 5.75 Å². The third-order valence-corrected chi connectivity index (χ3v) is 6.59. The lowest BCUT2D eigenvalue weighted by atomic mass is 10.0. The second-order valence-electron chi connectivity index (χ2n) is 8.78. The van der Waals surface area contributed by atoms with Crippen molar-refractivity contribution in [2.24, 2.45) is 0 Å². The molecule has 0 unspecified atom stereocenters. The Hall–Kier alpha value is -3.38. The first-order valence-corrected chi connectivity index (χ1v) is 12.3. The van der Waals surface area contributed by atoms with Crippen LogP contribution in [0.15, 0.2) is 72.9 Å². The third kappa shape index (κ3) is 6.20. The van der Waals surface area contributed by atoms with Gasteiger partial charge < -0.3 is 14.5 Å². The molecular formula is C28H30ClN3O3. The number of aromatic nitrogens is 1. The normalized spacial score (nSPS) is 17.4. The number of hydrogen-bond donors (Lipinski definition) is 0. The number of halogens is 1. The molecule has 7 heteroatoms. The van der Waals surface area contributed by atoms with Crippen LogP contribution >= 0.6 is 11.6 Å². The zero-order valence-corrected chi connectivity index (χ0v) is 20.7. The van der Waals surface area contributed by atoms with Crippen LogP contribution in [0.1, 0.15) is 45.5 Å². The van der Waals surface area contributed by atoms with Crippen LogP contribution in [-0.2, 0) is 6.42 Å². The lowest BCUT2D eigenvalue weighted by molar-refractivity contribution is 0.0605. The fourth-order valence-corrected chi connectivity index (χ4v) is 4.57. The molecule has 2 amide bonds. The number of ether oxygens (including phenoxy) is 1. The maximum absolute atomic E-state index is 13.7. The molecule has 6 nitrogen and oxygen atoms in total. The topological polar surface area (TPSA) is 62.7 Å². The second-order valence-corrected chi connectivity index (χ2v) is 9.14. The van der Waals surface area contributed by atoms with E-state index in [2.05, 4.69) is 4.98 Å². The molecule has 1 atom stereocenters. The molecule has 2 aromatic carbocycles. The zero-order valence-electron chi connectivity index (χ0n) is 19.9. The van der Waals surface area contributed by atoms with Crippen LogP contribution in [0.5, 0.6) is 5.75 Å². The number of hydrogen-bond acceptors (Lipinski definition) is 4. The smallest absolute Gasteiger partial charge is 0.257 e. The molecule has 0 N–H and O–H groups in total. The number of nitrogens with zero attached hydrogens (tertiary/aromatic N) is 3. The van der Waals surface area contributed by atoms with Gasteiger partial charge in [-0.15, -0.1) is 0 Å². The summed E-state index contributed by atoms with van der Waals surface area (Å²) in [5.41, 5.74) is 2.01. The molecule has 0 saturated carbocycles. The van der Waals surface area contributed by atoms with Gasteiger partial charge in [-0.25, -0.2) is 4.98 Å². The molecule has 1 aliphatic heterocycles. The highest BCUT2D eigenvalue weighted by Crippen LogP contribution is 2.24. The fraction of sp³-hybridized carbons (Fsp3) is 0.321. The highest BCUT2D eigenvalue weighted by molar-refractivity contribution is 6.32. The van der Waals surface area contributed by atoms with Crippen molar-refractivity contribution in [3.63, 3.8) is 0 Å². The summed E-state index contributed by atoms with van der Waals surface area (Å²) in [6.07, 6.45) is 4.74. The van der Waals surface area contributed by atoms with Crippen molar-refractivity contribution in [2.75, 3.05) is 26.7 Å². The first kappa shape index (κ1) is 24.7. The first-order valence-electron chi connectivity index (χ1n) is 12.0. The van der Waals surface area contributed by atoms with Gasteiger partial charge in [-0.05, 0) is 55.5 Å². The van der Waals surface area contributed by atoms with Crippen LogP contribution in [-0.4, -0.2) is 59.4 Å². The highest BCUT2D eigenvalue weighted by atomic mass is 35.5. The van der Waals surface area contributed by atoms with E-state index >= 15 is 0 Å². The Morgan fingerprint density at radius 2 is 1.74 bits per heavy atom. The van der Waals surface area contributed by atoms with Crippen molar-refractivity contribution in [1.82, 2.24) is 14.8 Å². The van der Waals surface area contributed by atoms with Gasteiger partial charge in [-0.1, -0.05) is 54.1 Å². The number of rotatable bonds is 3. The molecular weight excluding hydrogens is 462 g/mol. The Morgan fingerprint density at radius 3 is 2.54 bits per heavy atom. The molecule has 0 bridgehead atoms. The first-order chi connectivity index (χ1) is 17.0. The minimum absolute atomic E-state index is 0.0606. The van der Waals surface area contributed by atoms with E-state index in [1.807, 2.05) is 60.5 Å². The maximum Gasteiger partial charge on any atom is 0.257 e. The van der Waals surface area contributed by atoms with Crippen molar-refractivity contribution in [2.45, 2.75) is 31.7 Å². The van der Waals surface area contributed by atoms with Crippen LogP contribution in [0.3, 0.4) is 0 Å². The molecule has 182 valence electrons. The Morgan fingerprint density at radius 1 is 1.00 bits per heavy atom. The number of carbonyl (C=O) groups excluding carboxylic acids is 2. The van der Waals surface area contributed by atoms with E-state index in [1.165, 1.54) is 0 Å². The van der Waals surface area contributed by atoms with Gasteiger partial charge in [0.2, 0.25) is 0 Å². The molecule has 2 heterocycles. The van der Waals surface area contributed by atoms with Crippen LogP contribution in [0, 0.1) is 0 Å². The average molecular weight is 492 g/mol. The number of benzene rings is 2. The van der Waals surface area contributed by atoms with E-state index in [1.54, 1.807) is 29.3 Å². The fourth-order valence-electron chi connectivity index (χ4n) is 4.37. The molecule has 3 aromatic rings. The van der Waals surface area contributed by atoms with Crippen molar-refractivity contribution in [3.05, 3.63) is 94.8 Å². The van der Waals surface area contributed by atoms with Crippen molar-refractivity contribution >= 4 is 23.4 Å².